The molecule has 0 saturated carbocycles. The Morgan fingerprint density at radius 2 is 2.14 bits per heavy atom. The van der Waals surface area contributed by atoms with E-state index in [1.54, 1.807) is 0 Å². The Bertz CT molecular complexity index is 695. The van der Waals surface area contributed by atoms with Gasteiger partial charge in [0.25, 0.3) is 5.56 Å². The molecule has 21 heavy (non-hydrogen) atoms. The number of nitrogen functional groups attached to an aromatic ring is 1. The molecule has 0 bridgehead atoms. The third kappa shape index (κ3) is 3.74. The van der Waals surface area contributed by atoms with Crippen molar-refractivity contribution in [2.45, 2.75) is 19.3 Å². The first kappa shape index (κ1) is 15.4. The first-order valence-electron chi connectivity index (χ1n) is 5.62. The molecule has 0 aliphatic carbocycles. The molecular weight excluding hydrogens is 357 g/mol. The predicted octanol–water partition coefficient (Wildman–Crippen LogP) is 1.49. The van der Waals surface area contributed by atoms with Crippen molar-refractivity contribution in [3.05, 3.63) is 32.8 Å². The van der Waals surface area contributed by atoms with Crippen molar-refractivity contribution in [3.63, 3.8) is 0 Å². The van der Waals surface area contributed by atoms with Crippen LogP contribution in [0.2, 0.25) is 0 Å². The molecule has 0 aromatic carbocycles. The van der Waals surface area contributed by atoms with Crippen LogP contribution in [0, 0.1) is 0 Å². The monoisotopic (exact) mass is 366 g/mol. The molecule has 4 N–H and O–H groups in total. The van der Waals surface area contributed by atoms with E-state index in [2.05, 4.69) is 36.5 Å². The van der Waals surface area contributed by atoms with Crippen LogP contribution < -0.4 is 16.6 Å². The highest BCUT2D eigenvalue weighted by molar-refractivity contribution is 9.10. The molecule has 0 atom stereocenters. The number of nitrogens with two attached hydrogens (primary N) is 1. The first-order valence-corrected chi connectivity index (χ1v) is 6.41. The van der Waals surface area contributed by atoms with E-state index in [-0.39, 0.29) is 16.7 Å². The Hall–Kier alpha value is -2.04. The summed E-state index contributed by atoms with van der Waals surface area (Å²) in [7, 11) is 0. The van der Waals surface area contributed by atoms with Gasteiger partial charge in [0.1, 0.15) is 16.8 Å². The predicted molar refractivity (Wildman–Crippen MR) is 72.6 cm³/mol. The van der Waals surface area contributed by atoms with E-state index in [4.69, 9.17) is 5.73 Å². The molecule has 0 radical (unpaired) electrons. The number of halogens is 4. The maximum absolute atomic E-state index is 12.3. The standard InChI is InChI=1S/C10H10BrF3N6O/c11-7-6(16-1-5-2-17-19-8(5)15)3-18-20(9(7)21)4-10(12,13)14/h2-3,16H,1,4H2,(H3,15,17,19). The van der Waals surface area contributed by atoms with Crippen molar-refractivity contribution >= 4 is 27.4 Å². The lowest BCUT2D eigenvalue weighted by Gasteiger charge is -2.11. The van der Waals surface area contributed by atoms with Gasteiger partial charge in [-0.15, -0.1) is 0 Å². The third-order valence-corrected chi connectivity index (χ3v) is 3.30. The Labute approximate surface area is 124 Å². The maximum Gasteiger partial charge on any atom is 0.408 e. The van der Waals surface area contributed by atoms with Gasteiger partial charge in [0.2, 0.25) is 0 Å². The molecule has 2 rings (SSSR count). The second-order valence-corrected chi connectivity index (χ2v) is 4.91. The molecule has 0 unspecified atom stereocenters. The average Bonchev–Trinajstić information content (AvgIpc) is 2.78. The van der Waals surface area contributed by atoms with Crippen LogP contribution in [-0.2, 0) is 13.1 Å². The Morgan fingerprint density at radius 1 is 1.43 bits per heavy atom. The fourth-order valence-corrected chi connectivity index (χ4v) is 1.97. The molecule has 2 heterocycles. The number of H-pyrrole nitrogens is 1. The Kier molecular flexibility index (Phi) is 4.21. The summed E-state index contributed by atoms with van der Waals surface area (Å²) in [5.74, 6) is 0.358. The maximum atomic E-state index is 12.3. The van der Waals surface area contributed by atoms with Crippen LogP contribution >= 0.6 is 15.9 Å². The van der Waals surface area contributed by atoms with E-state index in [0.717, 1.165) is 6.20 Å². The summed E-state index contributed by atoms with van der Waals surface area (Å²) in [5.41, 5.74) is 5.63. The van der Waals surface area contributed by atoms with Gasteiger partial charge < -0.3 is 11.1 Å². The molecule has 2 aromatic heterocycles. The highest BCUT2D eigenvalue weighted by Gasteiger charge is 2.29. The molecule has 0 spiro atoms. The molecule has 2 aromatic rings. The zero-order valence-electron chi connectivity index (χ0n) is 10.4. The highest BCUT2D eigenvalue weighted by atomic mass is 79.9. The van der Waals surface area contributed by atoms with E-state index in [9.17, 15) is 18.0 Å². The second kappa shape index (κ2) is 5.76. The zero-order chi connectivity index (χ0) is 15.6. The smallest absolute Gasteiger partial charge is 0.384 e. The molecule has 11 heteroatoms. The summed E-state index contributed by atoms with van der Waals surface area (Å²) in [6.45, 7) is -1.20. The van der Waals surface area contributed by atoms with E-state index in [1.807, 2.05) is 0 Å². The molecular formula is C10H10BrF3N6O. The van der Waals surface area contributed by atoms with Gasteiger partial charge in [-0.05, 0) is 15.9 Å². The van der Waals surface area contributed by atoms with Gasteiger partial charge in [-0.2, -0.15) is 23.4 Å². The molecule has 0 saturated heterocycles. The fraction of sp³-hybridized carbons (Fsp3) is 0.300. The number of nitrogens with one attached hydrogen (secondary N) is 2. The van der Waals surface area contributed by atoms with E-state index < -0.39 is 18.3 Å². The second-order valence-electron chi connectivity index (χ2n) is 4.11. The normalized spacial score (nSPS) is 11.6. The van der Waals surface area contributed by atoms with Crippen molar-refractivity contribution in [1.82, 2.24) is 20.0 Å². The summed E-state index contributed by atoms with van der Waals surface area (Å²) >= 11 is 2.96. The van der Waals surface area contributed by atoms with Gasteiger partial charge in [-0.25, -0.2) is 4.68 Å². The average molecular weight is 367 g/mol. The quantitative estimate of drug-likeness (QED) is 0.760. The van der Waals surface area contributed by atoms with Crippen LogP contribution in [0.25, 0.3) is 0 Å². The molecule has 114 valence electrons. The Balaban J connectivity index is 2.17. The van der Waals surface area contributed by atoms with Gasteiger partial charge in [-0.3, -0.25) is 9.89 Å². The minimum Gasteiger partial charge on any atom is -0.384 e. The van der Waals surface area contributed by atoms with E-state index in [1.165, 1.54) is 6.20 Å². The fourth-order valence-electron chi connectivity index (χ4n) is 1.52. The largest absolute Gasteiger partial charge is 0.408 e. The molecule has 0 fully saturated rings. The van der Waals surface area contributed by atoms with Crippen LogP contribution in [0.15, 0.2) is 21.7 Å². The topological polar surface area (TPSA) is 102 Å². The van der Waals surface area contributed by atoms with Gasteiger partial charge >= 0.3 is 6.18 Å². The number of nitrogens with zero attached hydrogens (tertiary/aromatic N) is 3. The summed E-state index contributed by atoms with van der Waals surface area (Å²) in [4.78, 5) is 11.8. The van der Waals surface area contributed by atoms with Crippen molar-refractivity contribution in [2.24, 2.45) is 0 Å². The summed E-state index contributed by atoms with van der Waals surface area (Å²) in [6.07, 6.45) is -1.89. The van der Waals surface area contributed by atoms with Crippen molar-refractivity contribution in [2.75, 3.05) is 11.1 Å². The lowest BCUT2D eigenvalue weighted by molar-refractivity contribution is -0.143. The van der Waals surface area contributed by atoms with Crippen molar-refractivity contribution < 1.29 is 13.2 Å². The number of hydrogen-bond acceptors (Lipinski definition) is 5. The number of aromatic amines is 1. The molecule has 0 aliphatic heterocycles. The van der Waals surface area contributed by atoms with Crippen LogP contribution in [0.5, 0.6) is 0 Å². The highest BCUT2D eigenvalue weighted by Crippen LogP contribution is 2.20. The first-order chi connectivity index (χ1) is 9.78. The van der Waals surface area contributed by atoms with Crippen LogP contribution in [0.3, 0.4) is 0 Å². The number of rotatable bonds is 4. The van der Waals surface area contributed by atoms with Gasteiger partial charge in [-0.1, -0.05) is 0 Å². The number of aromatic nitrogens is 4. The molecule has 0 amide bonds. The molecule has 7 nitrogen and oxygen atoms in total. The van der Waals surface area contributed by atoms with Gasteiger partial charge in [0.15, 0.2) is 0 Å². The molecule has 0 aliphatic rings. The minimum atomic E-state index is -4.52. The minimum absolute atomic E-state index is 0.0381. The van der Waals surface area contributed by atoms with E-state index in [0.29, 0.717) is 16.1 Å². The third-order valence-electron chi connectivity index (χ3n) is 2.53. The number of anilines is 2. The van der Waals surface area contributed by atoms with Crippen molar-refractivity contribution in [3.8, 4) is 0 Å². The number of hydrogen-bond donors (Lipinski definition) is 3. The zero-order valence-corrected chi connectivity index (χ0v) is 12.0. The lowest BCUT2D eigenvalue weighted by atomic mass is 10.3. The number of alkyl halides is 3. The van der Waals surface area contributed by atoms with Crippen LogP contribution in [0.4, 0.5) is 24.7 Å². The summed E-state index contributed by atoms with van der Waals surface area (Å²) < 4.78 is 37.1. The SMILES string of the molecule is Nc1[nH]ncc1CNc1cnn(CC(F)(F)F)c(=O)c1Br. The van der Waals surface area contributed by atoms with Crippen LogP contribution in [0.1, 0.15) is 5.56 Å². The van der Waals surface area contributed by atoms with Gasteiger partial charge in [0, 0.05) is 12.1 Å². The van der Waals surface area contributed by atoms with Crippen molar-refractivity contribution in [1.29, 1.82) is 0 Å². The summed E-state index contributed by atoms with van der Waals surface area (Å²) in [6, 6.07) is 0. The van der Waals surface area contributed by atoms with Crippen LogP contribution in [-0.4, -0.2) is 26.2 Å². The van der Waals surface area contributed by atoms with E-state index >= 15 is 0 Å². The lowest BCUT2D eigenvalue weighted by Crippen LogP contribution is -2.31. The van der Waals surface area contributed by atoms with Gasteiger partial charge in [0.05, 0.1) is 18.1 Å². The Morgan fingerprint density at radius 3 is 2.71 bits per heavy atom. The summed E-state index contributed by atoms with van der Waals surface area (Å²) in [5, 5.41) is 12.6.